The summed E-state index contributed by atoms with van der Waals surface area (Å²) < 4.78 is 18.1. The van der Waals surface area contributed by atoms with Gasteiger partial charge in [-0.3, -0.25) is 48.0 Å². The Kier molecular flexibility index (Phi) is 20.3. The fraction of sp³-hybridized carbons (Fsp3) is 0.580. The summed E-state index contributed by atoms with van der Waals surface area (Å²) in [6, 6.07) is 15.7. The number of rotatable bonds is 28. The summed E-state index contributed by atoms with van der Waals surface area (Å²) in [5, 5.41) is 16.4. The highest BCUT2D eigenvalue weighted by molar-refractivity contribution is 5.98. The minimum atomic E-state index is -1.20. The van der Waals surface area contributed by atoms with Crippen LogP contribution in [0.3, 0.4) is 0 Å². The molecule has 5 rings (SSSR count). The molecule has 370 valence electrons. The quantitative estimate of drug-likeness (QED) is 0.0542. The maximum absolute atomic E-state index is 14.9. The molecule has 2 aliphatic rings. The molecule has 0 saturated carbocycles. The summed E-state index contributed by atoms with van der Waals surface area (Å²) in [4.78, 5) is 101. The van der Waals surface area contributed by atoms with Gasteiger partial charge in [0, 0.05) is 45.1 Å². The van der Waals surface area contributed by atoms with Crippen LogP contribution in [0.5, 0.6) is 0 Å². The van der Waals surface area contributed by atoms with Crippen LogP contribution in [0.2, 0.25) is 0 Å². The van der Waals surface area contributed by atoms with Gasteiger partial charge in [0.05, 0.1) is 51.4 Å². The number of nitrogens with zero attached hydrogens (tertiary/aromatic N) is 5. The lowest BCUT2D eigenvalue weighted by atomic mass is 9.87. The molecule has 3 heterocycles. The molecule has 4 amide bonds. The number of ether oxygens (including phenoxy) is 3. The molecule has 18 nitrogen and oxygen atoms in total. The minimum Gasteiger partial charge on any atom is -0.444 e. The first-order valence-corrected chi connectivity index (χ1v) is 23.8. The smallest absolute Gasteiger partial charge is 0.308 e. The van der Waals surface area contributed by atoms with Gasteiger partial charge < -0.3 is 30.2 Å². The molecule has 0 aliphatic carbocycles. The number of hydrogen-bond acceptors (Lipinski definition) is 13. The second-order valence-corrected chi connectivity index (χ2v) is 18.9. The second-order valence-electron chi connectivity index (χ2n) is 18.9. The molecule has 0 unspecified atom stereocenters. The van der Waals surface area contributed by atoms with E-state index in [4.69, 9.17) is 14.2 Å². The Morgan fingerprint density at radius 3 is 2.06 bits per heavy atom. The summed E-state index contributed by atoms with van der Waals surface area (Å²) in [6.45, 7) is 11.0. The molecule has 3 N–H and O–H groups in total. The van der Waals surface area contributed by atoms with Crippen LogP contribution >= 0.6 is 0 Å². The van der Waals surface area contributed by atoms with Crippen LogP contribution in [-0.4, -0.2) is 136 Å². The van der Waals surface area contributed by atoms with Crippen molar-refractivity contribution in [1.82, 2.24) is 40.7 Å². The largest absolute Gasteiger partial charge is 0.444 e. The average Bonchev–Trinajstić information content (AvgIpc) is 3.93. The zero-order valence-corrected chi connectivity index (χ0v) is 40.4. The van der Waals surface area contributed by atoms with Crippen LogP contribution in [-0.2, 0) is 74.2 Å². The van der Waals surface area contributed by atoms with E-state index in [-0.39, 0.29) is 81.6 Å². The molecular weight excluding hydrogens is 873 g/mol. The van der Waals surface area contributed by atoms with Crippen molar-refractivity contribution >= 4 is 41.2 Å². The molecule has 3 aromatic rings. The number of carbonyl (C=O) groups excluding carboxylic acids is 7. The van der Waals surface area contributed by atoms with Crippen LogP contribution in [0.15, 0.2) is 66.9 Å². The summed E-state index contributed by atoms with van der Waals surface area (Å²) in [7, 11) is 1.70. The first kappa shape index (κ1) is 53.1. The van der Waals surface area contributed by atoms with E-state index in [9.17, 15) is 33.6 Å². The number of ketones is 2. The fourth-order valence-electron chi connectivity index (χ4n) is 8.10. The SMILES string of the molecule is CC(C)C[C@H](NC(=O)[C@H](CCc1ccccc1)N(COC(=O)CCC(=O)NCc1cn(C)nn1)C(=O)CN1CCOCC1)C(=O)C[C@@H](Cc1ccccc1)C(=O)N[C@@H](CC(C)C)C(=O)[C@@]1(C)CO1. The normalized spacial score (nSPS) is 17.6. The third-order valence-electron chi connectivity index (χ3n) is 12.0. The first-order valence-electron chi connectivity index (χ1n) is 23.8. The zero-order chi connectivity index (χ0) is 49.2. The lowest BCUT2D eigenvalue weighted by molar-refractivity contribution is -0.160. The van der Waals surface area contributed by atoms with E-state index < -0.39 is 66.0 Å². The molecule has 5 atom stereocenters. The Morgan fingerprint density at radius 2 is 1.46 bits per heavy atom. The number of aromatic nitrogens is 3. The van der Waals surface area contributed by atoms with Gasteiger partial charge in [-0.25, -0.2) is 0 Å². The Bertz CT molecular complexity index is 2140. The predicted molar refractivity (Wildman–Crippen MR) is 251 cm³/mol. The van der Waals surface area contributed by atoms with Crippen molar-refractivity contribution in [2.75, 3.05) is 46.2 Å². The van der Waals surface area contributed by atoms with Gasteiger partial charge in [0.15, 0.2) is 18.3 Å². The molecule has 2 aromatic carbocycles. The zero-order valence-electron chi connectivity index (χ0n) is 40.4. The van der Waals surface area contributed by atoms with Gasteiger partial charge in [0.2, 0.25) is 23.6 Å². The Balaban J connectivity index is 1.37. The molecule has 68 heavy (non-hydrogen) atoms. The molecule has 2 fully saturated rings. The number of Topliss-reactive ketones (excluding diaryl/α,β-unsaturated/α-hetero) is 2. The fourth-order valence-corrected chi connectivity index (χ4v) is 8.10. The number of hydrogen-bond donors (Lipinski definition) is 3. The molecule has 0 spiro atoms. The predicted octanol–water partition coefficient (Wildman–Crippen LogP) is 3.11. The number of benzene rings is 2. The van der Waals surface area contributed by atoms with Crippen molar-refractivity contribution in [2.24, 2.45) is 24.8 Å². The van der Waals surface area contributed by atoms with Crippen molar-refractivity contribution < 1.29 is 47.8 Å². The van der Waals surface area contributed by atoms with Gasteiger partial charge in [-0.05, 0) is 62.0 Å². The van der Waals surface area contributed by atoms with E-state index in [0.717, 1.165) is 11.1 Å². The molecule has 1 aromatic heterocycles. The topological polar surface area (TPSA) is 224 Å². The van der Waals surface area contributed by atoms with Crippen LogP contribution < -0.4 is 16.0 Å². The summed E-state index contributed by atoms with van der Waals surface area (Å²) in [5.74, 6) is -4.20. The van der Waals surface area contributed by atoms with Gasteiger partial charge >= 0.3 is 5.97 Å². The van der Waals surface area contributed by atoms with Gasteiger partial charge in [-0.15, -0.1) is 5.10 Å². The number of aryl methyl sites for hydroxylation is 2. The highest BCUT2D eigenvalue weighted by atomic mass is 16.6. The van der Waals surface area contributed by atoms with Crippen LogP contribution in [0.25, 0.3) is 0 Å². The maximum Gasteiger partial charge on any atom is 0.308 e. The second kappa shape index (κ2) is 26.1. The van der Waals surface area contributed by atoms with Crippen molar-refractivity contribution in [1.29, 1.82) is 0 Å². The lowest BCUT2D eigenvalue weighted by Crippen LogP contribution is -2.56. The molecular formula is C50H70N8O10. The third kappa shape index (κ3) is 17.3. The monoisotopic (exact) mass is 943 g/mol. The standard InChI is InChI=1S/C50H70N8O10/c1-34(2)25-40(43(59)28-38(27-37-15-11-8-12-16-37)48(64)53-41(26-35(3)4)47(63)50(5)32-68-50)52-49(65)42(18-17-36-13-9-7-10-14-36)58(45(61)31-57-21-23-66-24-22-57)33-67-46(62)20-19-44(60)51-29-39-30-56(6)55-54-39/h7-16,30,34-35,38,40-42H,17-29,31-33H2,1-6H3,(H,51,60)(H,52,65)(H,53,64)/t38-,40+,41+,42+,50-/m1/s1. The molecule has 2 aliphatic heterocycles. The van der Waals surface area contributed by atoms with Crippen molar-refractivity contribution in [2.45, 2.75) is 116 Å². The molecule has 0 bridgehead atoms. The van der Waals surface area contributed by atoms with Gasteiger partial charge in [0.25, 0.3) is 0 Å². The van der Waals surface area contributed by atoms with E-state index in [1.807, 2.05) is 93.3 Å². The Labute approximate surface area is 399 Å². The number of esters is 1. The van der Waals surface area contributed by atoms with E-state index in [1.54, 1.807) is 20.2 Å². The van der Waals surface area contributed by atoms with Crippen LogP contribution in [0.4, 0.5) is 0 Å². The number of epoxide rings is 1. The minimum absolute atomic E-state index is 0.0708. The lowest BCUT2D eigenvalue weighted by Gasteiger charge is -2.34. The Hall–Kier alpha value is -5.85. The number of nitrogens with one attached hydrogen (secondary N) is 3. The van der Waals surface area contributed by atoms with E-state index in [2.05, 4.69) is 26.3 Å². The highest BCUT2D eigenvalue weighted by Crippen LogP contribution is 2.30. The van der Waals surface area contributed by atoms with Crippen LogP contribution in [0, 0.1) is 17.8 Å². The summed E-state index contributed by atoms with van der Waals surface area (Å²) in [5.41, 5.74) is 1.30. The Morgan fingerprint density at radius 1 is 0.838 bits per heavy atom. The molecule has 18 heteroatoms. The molecule has 2 saturated heterocycles. The number of carbonyl (C=O) groups is 7. The number of amides is 4. The maximum atomic E-state index is 14.9. The van der Waals surface area contributed by atoms with E-state index in [1.165, 1.54) is 9.58 Å². The summed E-state index contributed by atoms with van der Waals surface area (Å²) in [6.07, 6.45) is 2.24. The van der Waals surface area contributed by atoms with Crippen molar-refractivity contribution in [3.63, 3.8) is 0 Å². The van der Waals surface area contributed by atoms with Gasteiger partial charge in [-0.1, -0.05) is 93.6 Å². The van der Waals surface area contributed by atoms with Gasteiger partial charge in [0.1, 0.15) is 17.3 Å². The van der Waals surface area contributed by atoms with Crippen LogP contribution in [0.1, 0.15) is 90.0 Å². The van der Waals surface area contributed by atoms with E-state index >= 15 is 0 Å². The summed E-state index contributed by atoms with van der Waals surface area (Å²) >= 11 is 0. The van der Waals surface area contributed by atoms with E-state index in [0.29, 0.717) is 44.8 Å². The first-order chi connectivity index (χ1) is 32.5. The van der Waals surface area contributed by atoms with Crippen molar-refractivity contribution in [3.8, 4) is 0 Å². The van der Waals surface area contributed by atoms with Gasteiger partial charge in [-0.2, -0.15) is 0 Å². The highest BCUT2D eigenvalue weighted by Gasteiger charge is 2.50. The molecule has 0 radical (unpaired) electrons. The average molecular weight is 943 g/mol. The number of morpholine rings is 1. The van der Waals surface area contributed by atoms with Crippen molar-refractivity contribution in [3.05, 3.63) is 83.7 Å². The third-order valence-corrected chi connectivity index (χ3v) is 12.0.